The van der Waals surface area contributed by atoms with Gasteiger partial charge in [-0.1, -0.05) is 13.8 Å². The highest BCUT2D eigenvalue weighted by Gasteiger charge is 2.33. The molecule has 0 aromatic carbocycles. The lowest BCUT2D eigenvalue weighted by atomic mass is 9.84. The number of anilines is 2. The van der Waals surface area contributed by atoms with E-state index in [2.05, 4.69) is 44.6 Å². The Kier molecular flexibility index (Phi) is 7.28. The molecule has 4 aromatic rings. The molecule has 0 aliphatic carbocycles. The van der Waals surface area contributed by atoms with Crippen molar-refractivity contribution in [3.8, 4) is 10.4 Å². The van der Waals surface area contributed by atoms with Crippen molar-refractivity contribution in [2.45, 2.75) is 33.7 Å². The zero-order chi connectivity index (χ0) is 26.9. The van der Waals surface area contributed by atoms with Gasteiger partial charge < -0.3 is 20.3 Å². The van der Waals surface area contributed by atoms with Crippen LogP contribution in [-0.2, 0) is 16.1 Å². The van der Waals surface area contributed by atoms with E-state index < -0.39 is 0 Å². The third-order valence-electron chi connectivity index (χ3n) is 6.46. The van der Waals surface area contributed by atoms with E-state index in [0.717, 1.165) is 34.9 Å². The van der Waals surface area contributed by atoms with Crippen LogP contribution in [0.25, 0.3) is 15.3 Å². The van der Waals surface area contributed by atoms with Crippen molar-refractivity contribution >= 4 is 39.4 Å². The average Bonchev–Trinajstić information content (AvgIpc) is 3.58. The Labute approximate surface area is 224 Å². The number of pyridine rings is 1. The van der Waals surface area contributed by atoms with E-state index in [0.29, 0.717) is 47.6 Å². The molecule has 1 aliphatic rings. The lowest BCUT2D eigenvalue weighted by molar-refractivity contribution is -0.117. The standard InChI is InChI=1S/C26H32N8O3S/c1-17-21(9-19(11-27-17)30-23(35)5-6-32-15-26(2,3)16-32)31-24(36)20-12-29-34-14-22(38-25(20)34)18-10-28-33(13-18)7-8-37-4/h9-14H,5-8,15-16H2,1-4H3,(H,30,35)(H,31,36). The predicted octanol–water partition coefficient (Wildman–Crippen LogP) is 3.53. The quantitative estimate of drug-likeness (QED) is 0.318. The molecule has 0 bridgehead atoms. The van der Waals surface area contributed by atoms with Crippen molar-refractivity contribution < 1.29 is 14.3 Å². The van der Waals surface area contributed by atoms with Crippen LogP contribution in [0, 0.1) is 12.3 Å². The molecule has 2 amide bonds. The Morgan fingerprint density at radius 1 is 1.11 bits per heavy atom. The third-order valence-corrected chi connectivity index (χ3v) is 7.62. The van der Waals surface area contributed by atoms with Gasteiger partial charge in [0.05, 0.1) is 59.3 Å². The molecule has 5 heterocycles. The fourth-order valence-corrected chi connectivity index (χ4v) is 5.63. The van der Waals surface area contributed by atoms with Crippen LogP contribution in [0.5, 0.6) is 0 Å². The largest absolute Gasteiger partial charge is 0.383 e. The summed E-state index contributed by atoms with van der Waals surface area (Å²) in [7, 11) is 1.66. The fourth-order valence-electron chi connectivity index (χ4n) is 4.60. The number of carbonyl (C=O) groups is 2. The summed E-state index contributed by atoms with van der Waals surface area (Å²) in [6.45, 7) is 10.3. The number of nitrogens with one attached hydrogen (secondary N) is 2. The number of thiazole rings is 1. The van der Waals surface area contributed by atoms with Gasteiger partial charge in [-0.15, -0.1) is 11.3 Å². The minimum Gasteiger partial charge on any atom is -0.383 e. The Balaban J connectivity index is 1.24. The number of ether oxygens (including phenoxy) is 1. The van der Waals surface area contributed by atoms with Crippen molar-refractivity contribution in [2.24, 2.45) is 5.41 Å². The van der Waals surface area contributed by atoms with Crippen LogP contribution in [0.15, 0.2) is 37.1 Å². The Morgan fingerprint density at radius 3 is 2.68 bits per heavy atom. The van der Waals surface area contributed by atoms with Crippen molar-refractivity contribution in [3.05, 3.63) is 48.3 Å². The van der Waals surface area contributed by atoms with Crippen LogP contribution in [0.4, 0.5) is 11.4 Å². The van der Waals surface area contributed by atoms with E-state index in [1.807, 2.05) is 24.0 Å². The van der Waals surface area contributed by atoms with Crippen LogP contribution in [0.2, 0.25) is 0 Å². The Hall–Kier alpha value is -3.61. The molecule has 38 heavy (non-hydrogen) atoms. The van der Waals surface area contributed by atoms with Gasteiger partial charge in [-0.25, -0.2) is 4.52 Å². The maximum atomic E-state index is 13.2. The molecule has 5 rings (SSSR count). The van der Waals surface area contributed by atoms with E-state index >= 15 is 0 Å². The molecule has 0 radical (unpaired) electrons. The van der Waals surface area contributed by atoms with Crippen LogP contribution < -0.4 is 10.6 Å². The molecule has 0 unspecified atom stereocenters. The van der Waals surface area contributed by atoms with Gasteiger partial charge in [0.2, 0.25) is 5.91 Å². The summed E-state index contributed by atoms with van der Waals surface area (Å²) in [5, 5.41) is 14.6. The van der Waals surface area contributed by atoms with Gasteiger partial charge >= 0.3 is 0 Å². The number of likely N-dealkylation sites (tertiary alicyclic amines) is 1. The number of amides is 2. The Bertz CT molecular complexity index is 1460. The Morgan fingerprint density at radius 2 is 1.92 bits per heavy atom. The molecule has 0 saturated carbocycles. The normalized spacial score (nSPS) is 14.9. The van der Waals surface area contributed by atoms with E-state index in [4.69, 9.17) is 4.74 Å². The van der Waals surface area contributed by atoms with Crippen LogP contribution in [0.1, 0.15) is 36.3 Å². The van der Waals surface area contributed by atoms with Crippen LogP contribution >= 0.6 is 11.3 Å². The lowest BCUT2D eigenvalue weighted by Gasteiger charge is -2.45. The number of nitrogens with zero attached hydrogens (tertiary/aromatic N) is 6. The summed E-state index contributed by atoms with van der Waals surface area (Å²) in [5.41, 5.74) is 3.47. The van der Waals surface area contributed by atoms with Crippen LogP contribution in [-0.4, -0.2) is 74.4 Å². The second-order valence-corrected chi connectivity index (χ2v) is 11.4. The van der Waals surface area contributed by atoms with Crippen molar-refractivity contribution in [2.75, 3.05) is 44.0 Å². The average molecular weight is 537 g/mol. The molecule has 4 aromatic heterocycles. The number of carbonyl (C=O) groups excluding carboxylic acids is 2. The molecule has 1 aliphatic heterocycles. The van der Waals surface area contributed by atoms with Crippen molar-refractivity contribution in [3.63, 3.8) is 0 Å². The topological polar surface area (TPSA) is 119 Å². The summed E-state index contributed by atoms with van der Waals surface area (Å²) >= 11 is 1.47. The van der Waals surface area contributed by atoms with Gasteiger partial charge in [0.25, 0.3) is 5.91 Å². The van der Waals surface area contributed by atoms with Gasteiger partial charge in [0.15, 0.2) is 0 Å². The van der Waals surface area contributed by atoms with Crippen molar-refractivity contribution in [1.82, 2.24) is 29.3 Å². The smallest absolute Gasteiger partial charge is 0.260 e. The predicted molar refractivity (Wildman–Crippen MR) is 147 cm³/mol. The second-order valence-electron chi connectivity index (χ2n) is 10.4. The van der Waals surface area contributed by atoms with Gasteiger partial charge in [-0.2, -0.15) is 10.2 Å². The molecule has 1 saturated heterocycles. The molecule has 1 fully saturated rings. The minimum atomic E-state index is -0.294. The first kappa shape index (κ1) is 26.0. The van der Waals surface area contributed by atoms with Gasteiger partial charge in [0, 0.05) is 51.1 Å². The zero-order valence-electron chi connectivity index (χ0n) is 22.0. The SMILES string of the molecule is COCCn1cc(-c2cn3ncc(C(=O)Nc4cc(NC(=O)CCN5CC(C)(C)C5)cnc4C)c3s2)cn1. The maximum Gasteiger partial charge on any atom is 0.260 e. The number of methoxy groups -OCH3 is 1. The molecular formula is C26H32N8O3S. The molecule has 11 nitrogen and oxygen atoms in total. The molecule has 2 N–H and O–H groups in total. The molecule has 12 heteroatoms. The number of hydrogen-bond acceptors (Lipinski definition) is 8. The highest BCUT2D eigenvalue weighted by atomic mass is 32.1. The molecular weight excluding hydrogens is 504 g/mol. The van der Waals surface area contributed by atoms with E-state index in [1.54, 1.807) is 36.3 Å². The monoisotopic (exact) mass is 536 g/mol. The number of hydrogen-bond donors (Lipinski definition) is 2. The molecule has 0 atom stereocenters. The summed E-state index contributed by atoms with van der Waals surface area (Å²) in [5.74, 6) is -0.370. The number of fused-ring (bicyclic) bond motifs is 1. The lowest BCUT2D eigenvalue weighted by Crippen LogP contribution is -2.53. The first-order valence-electron chi connectivity index (χ1n) is 12.5. The van der Waals surface area contributed by atoms with Crippen LogP contribution in [0.3, 0.4) is 0 Å². The number of aromatic nitrogens is 5. The second kappa shape index (κ2) is 10.6. The summed E-state index contributed by atoms with van der Waals surface area (Å²) in [6, 6.07) is 1.74. The van der Waals surface area contributed by atoms with Gasteiger partial charge in [-0.05, 0) is 18.4 Å². The van der Waals surface area contributed by atoms with Gasteiger partial charge in [0.1, 0.15) is 4.83 Å². The summed E-state index contributed by atoms with van der Waals surface area (Å²) in [6.07, 6.45) is 9.19. The third kappa shape index (κ3) is 5.77. The fraction of sp³-hybridized carbons (Fsp3) is 0.423. The highest BCUT2D eigenvalue weighted by molar-refractivity contribution is 7.21. The summed E-state index contributed by atoms with van der Waals surface area (Å²) in [4.78, 5) is 34.0. The van der Waals surface area contributed by atoms with Gasteiger partial charge in [-0.3, -0.25) is 19.3 Å². The minimum absolute atomic E-state index is 0.0763. The number of aryl methyl sites for hydroxylation is 1. The zero-order valence-corrected chi connectivity index (χ0v) is 22.8. The highest BCUT2D eigenvalue weighted by Crippen LogP contribution is 2.31. The van der Waals surface area contributed by atoms with E-state index in [1.165, 1.54) is 11.3 Å². The maximum absolute atomic E-state index is 13.2. The molecule has 200 valence electrons. The molecule has 0 spiro atoms. The summed E-state index contributed by atoms with van der Waals surface area (Å²) < 4.78 is 8.63. The first-order valence-corrected chi connectivity index (χ1v) is 13.3. The van der Waals surface area contributed by atoms with Crippen molar-refractivity contribution in [1.29, 1.82) is 0 Å². The number of rotatable bonds is 10. The first-order chi connectivity index (χ1) is 18.2. The van der Waals surface area contributed by atoms with E-state index in [9.17, 15) is 9.59 Å². The van der Waals surface area contributed by atoms with E-state index in [-0.39, 0.29) is 11.8 Å².